The molecule has 2 rings (SSSR count). The lowest BCUT2D eigenvalue weighted by Gasteiger charge is -2.26. The van der Waals surface area contributed by atoms with E-state index in [1.54, 1.807) is 11.3 Å². The fourth-order valence-electron chi connectivity index (χ4n) is 2.40. The van der Waals surface area contributed by atoms with Crippen LogP contribution in [0.25, 0.3) is 0 Å². The lowest BCUT2D eigenvalue weighted by Crippen LogP contribution is -2.33. The molecule has 1 aromatic heterocycles. The van der Waals surface area contributed by atoms with Gasteiger partial charge in [0.15, 0.2) is 0 Å². The number of aromatic nitrogens is 1. The maximum Gasteiger partial charge on any atom is 0.0897 e. The number of aryl methyl sites for hydroxylation is 1. The maximum atomic E-state index is 5.98. The van der Waals surface area contributed by atoms with E-state index < -0.39 is 0 Å². The van der Waals surface area contributed by atoms with Gasteiger partial charge in [0, 0.05) is 23.7 Å². The third kappa shape index (κ3) is 3.54. The number of hydrogen-bond donors (Lipinski definition) is 2. The van der Waals surface area contributed by atoms with Crippen molar-refractivity contribution >= 4 is 11.3 Å². The van der Waals surface area contributed by atoms with Crippen molar-refractivity contribution in [2.75, 3.05) is 6.54 Å². The Morgan fingerprint density at radius 1 is 1.56 bits per heavy atom. The minimum atomic E-state index is 0.436. The minimum absolute atomic E-state index is 0.436. The molecule has 0 saturated heterocycles. The second-order valence-corrected chi connectivity index (χ2v) is 6.09. The van der Waals surface area contributed by atoms with Crippen LogP contribution in [0.4, 0.5) is 0 Å². The summed E-state index contributed by atoms with van der Waals surface area (Å²) in [6.07, 6.45) is 7.01. The van der Waals surface area contributed by atoms with Crippen molar-refractivity contribution in [3.05, 3.63) is 16.1 Å². The second kappa shape index (κ2) is 5.75. The van der Waals surface area contributed by atoms with Crippen LogP contribution in [0.1, 0.15) is 35.6 Å². The van der Waals surface area contributed by atoms with E-state index in [1.165, 1.54) is 30.6 Å². The highest BCUT2D eigenvalue weighted by molar-refractivity contribution is 7.11. The Balaban J connectivity index is 1.67. The van der Waals surface area contributed by atoms with Gasteiger partial charge in [-0.05, 0) is 38.6 Å². The molecule has 0 aromatic carbocycles. The smallest absolute Gasteiger partial charge is 0.0897 e. The van der Waals surface area contributed by atoms with Crippen molar-refractivity contribution < 1.29 is 0 Å². The van der Waals surface area contributed by atoms with Crippen molar-refractivity contribution in [1.29, 1.82) is 0 Å². The van der Waals surface area contributed by atoms with Crippen LogP contribution in [-0.4, -0.2) is 17.6 Å². The highest BCUT2D eigenvalue weighted by atomic mass is 32.1. The summed E-state index contributed by atoms with van der Waals surface area (Å²) < 4.78 is 0. The average molecular weight is 239 g/mol. The first-order chi connectivity index (χ1) is 7.74. The van der Waals surface area contributed by atoms with Crippen LogP contribution in [0.3, 0.4) is 0 Å². The molecule has 1 saturated carbocycles. The number of rotatable bonds is 4. The van der Waals surface area contributed by atoms with Crippen molar-refractivity contribution in [3.8, 4) is 0 Å². The van der Waals surface area contributed by atoms with Crippen molar-refractivity contribution in [2.24, 2.45) is 11.7 Å². The first kappa shape index (κ1) is 12.0. The molecule has 0 bridgehead atoms. The van der Waals surface area contributed by atoms with E-state index in [2.05, 4.69) is 10.3 Å². The Kier molecular flexibility index (Phi) is 4.32. The molecule has 3 N–H and O–H groups in total. The second-order valence-electron chi connectivity index (χ2n) is 4.77. The standard InChI is InChI=1S/C12H21N3S/c1-9-15-8-12(16-9)7-14-6-10-3-2-4-11(13)5-10/h8,10-11,14H,2-7,13H2,1H3. The van der Waals surface area contributed by atoms with E-state index >= 15 is 0 Å². The van der Waals surface area contributed by atoms with Gasteiger partial charge in [0.05, 0.1) is 5.01 Å². The summed E-state index contributed by atoms with van der Waals surface area (Å²) in [6, 6.07) is 0.436. The molecule has 1 fully saturated rings. The number of nitrogens with two attached hydrogens (primary N) is 1. The summed E-state index contributed by atoms with van der Waals surface area (Å²) in [5, 5.41) is 4.67. The van der Waals surface area contributed by atoms with E-state index in [1.807, 2.05) is 13.1 Å². The largest absolute Gasteiger partial charge is 0.328 e. The van der Waals surface area contributed by atoms with Crippen LogP contribution in [0.5, 0.6) is 0 Å². The van der Waals surface area contributed by atoms with Gasteiger partial charge in [-0.3, -0.25) is 0 Å². The SMILES string of the molecule is Cc1ncc(CNCC2CCCC(N)C2)s1. The first-order valence-electron chi connectivity index (χ1n) is 6.11. The molecule has 0 amide bonds. The predicted octanol–water partition coefficient (Wildman–Crippen LogP) is 2.06. The van der Waals surface area contributed by atoms with Gasteiger partial charge in [-0.15, -0.1) is 11.3 Å². The summed E-state index contributed by atoms with van der Waals surface area (Å²) in [5.74, 6) is 0.776. The lowest BCUT2D eigenvalue weighted by molar-refractivity contribution is 0.310. The molecule has 2 atom stereocenters. The van der Waals surface area contributed by atoms with Crippen LogP contribution >= 0.6 is 11.3 Å². The van der Waals surface area contributed by atoms with Gasteiger partial charge in [-0.1, -0.05) is 6.42 Å². The van der Waals surface area contributed by atoms with E-state index in [0.717, 1.165) is 24.0 Å². The quantitative estimate of drug-likeness (QED) is 0.845. The van der Waals surface area contributed by atoms with Gasteiger partial charge in [0.1, 0.15) is 0 Å². The topological polar surface area (TPSA) is 50.9 Å². The highest BCUT2D eigenvalue weighted by Crippen LogP contribution is 2.22. The number of hydrogen-bond acceptors (Lipinski definition) is 4. The van der Waals surface area contributed by atoms with E-state index in [9.17, 15) is 0 Å². The molecule has 3 nitrogen and oxygen atoms in total. The molecular formula is C12H21N3S. The van der Waals surface area contributed by atoms with Gasteiger partial charge in [0.2, 0.25) is 0 Å². The summed E-state index contributed by atoms with van der Waals surface area (Å²) in [4.78, 5) is 5.58. The van der Waals surface area contributed by atoms with Crippen molar-refractivity contribution in [1.82, 2.24) is 10.3 Å². The number of nitrogens with zero attached hydrogens (tertiary/aromatic N) is 1. The zero-order valence-corrected chi connectivity index (χ0v) is 10.7. The Hall–Kier alpha value is -0.450. The van der Waals surface area contributed by atoms with Crippen molar-refractivity contribution in [2.45, 2.75) is 45.2 Å². The fraction of sp³-hybridized carbons (Fsp3) is 0.750. The van der Waals surface area contributed by atoms with E-state index in [4.69, 9.17) is 5.73 Å². The highest BCUT2D eigenvalue weighted by Gasteiger charge is 2.18. The first-order valence-corrected chi connectivity index (χ1v) is 6.93. The summed E-state index contributed by atoms with van der Waals surface area (Å²) >= 11 is 1.78. The average Bonchev–Trinajstić information content (AvgIpc) is 2.64. The Labute approximate surface area is 101 Å². The van der Waals surface area contributed by atoms with E-state index in [-0.39, 0.29) is 0 Å². The lowest BCUT2D eigenvalue weighted by atomic mass is 9.86. The molecule has 1 aromatic rings. The van der Waals surface area contributed by atoms with Crippen LogP contribution in [0.15, 0.2) is 6.20 Å². The van der Waals surface area contributed by atoms with Crippen LogP contribution < -0.4 is 11.1 Å². The normalized spacial score (nSPS) is 25.9. The van der Waals surface area contributed by atoms with Crippen LogP contribution in [-0.2, 0) is 6.54 Å². The third-order valence-electron chi connectivity index (χ3n) is 3.22. The fourth-order valence-corrected chi connectivity index (χ4v) is 3.17. The Morgan fingerprint density at radius 2 is 2.44 bits per heavy atom. The molecule has 90 valence electrons. The summed E-state index contributed by atoms with van der Waals surface area (Å²) in [7, 11) is 0. The third-order valence-corrected chi connectivity index (χ3v) is 4.14. The maximum absolute atomic E-state index is 5.98. The molecule has 0 spiro atoms. The molecule has 2 unspecified atom stereocenters. The number of nitrogens with one attached hydrogen (secondary N) is 1. The Morgan fingerprint density at radius 3 is 3.12 bits per heavy atom. The molecule has 1 aliphatic carbocycles. The van der Waals surface area contributed by atoms with Gasteiger partial charge in [0.25, 0.3) is 0 Å². The monoisotopic (exact) mass is 239 g/mol. The van der Waals surface area contributed by atoms with Gasteiger partial charge in [-0.25, -0.2) is 4.98 Å². The molecular weight excluding hydrogens is 218 g/mol. The predicted molar refractivity (Wildman–Crippen MR) is 68.5 cm³/mol. The van der Waals surface area contributed by atoms with Gasteiger partial charge in [-0.2, -0.15) is 0 Å². The molecule has 16 heavy (non-hydrogen) atoms. The van der Waals surface area contributed by atoms with E-state index in [0.29, 0.717) is 6.04 Å². The molecule has 4 heteroatoms. The summed E-state index contributed by atoms with van der Waals surface area (Å²) in [6.45, 7) is 4.11. The zero-order chi connectivity index (χ0) is 11.4. The van der Waals surface area contributed by atoms with Crippen LogP contribution in [0.2, 0.25) is 0 Å². The minimum Gasteiger partial charge on any atom is -0.328 e. The zero-order valence-electron chi connectivity index (χ0n) is 9.91. The van der Waals surface area contributed by atoms with Gasteiger partial charge >= 0.3 is 0 Å². The van der Waals surface area contributed by atoms with Crippen LogP contribution in [0, 0.1) is 12.8 Å². The molecule has 0 aliphatic heterocycles. The molecule has 1 aliphatic rings. The van der Waals surface area contributed by atoms with Gasteiger partial charge < -0.3 is 11.1 Å². The number of thiazole rings is 1. The molecule has 0 radical (unpaired) electrons. The summed E-state index contributed by atoms with van der Waals surface area (Å²) in [5.41, 5.74) is 5.98. The Bertz CT molecular complexity index is 324. The molecule has 1 heterocycles. The van der Waals surface area contributed by atoms with Crippen molar-refractivity contribution in [3.63, 3.8) is 0 Å².